The van der Waals surface area contributed by atoms with Crippen LogP contribution < -0.4 is 0 Å². The Hall–Kier alpha value is -2.50. The van der Waals surface area contributed by atoms with Crippen LogP contribution in [0.15, 0.2) is 36.4 Å². The number of phenolic OH excluding ortho intramolecular Hbond substituents is 1. The topological polar surface area (TPSA) is 77.8 Å². The number of hydrogen-bond donors (Lipinski definition) is 2. The minimum atomic E-state index is -4.51. The number of aryl methyl sites for hydroxylation is 1. The second kappa shape index (κ2) is 15.7. The van der Waals surface area contributed by atoms with E-state index in [1.807, 2.05) is 11.0 Å². The van der Waals surface area contributed by atoms with Crippen molar-refractivity contribution in [2.75, 3.05) is 31.1 Å². The third-order valence-electron chi connectivity index (χ3n) is 7.81. The van der Waals surface area contributed by atoms with Crippen molar-refractivity contribution in [3.8, 4) is 5.75 Å². The van der Waals surface area contributed by atoms with Gasteiger partial charge >= 0.3 is 6.18 Å². The molecule has 1 aliphatic carbocycles. The maximum absolute atomic E-state index is 14.2. The first kappa shape index (κ1) is 36.0. The zero-order valence-corrected chi connectivity index (χ0v) is 26.3. The summed E-state index contributed by atoms with van der Waals surface area (Å²) < 4.78 is 89.3. The zero-order valence-electron chi connectivity index (χ0n) is 25.5. The number of aliphatic hydroxyl groups is 1. The van der Waals surface area contributed by atoms with Crippen LogP contribution in [0.4, 0.5) is 22.0 Å². The average Bonchev–Trinajstić information content (AvgIpc) is 3.08. The second-order valence-electron chi connectivity index (χ2n) is 12.4. The van der Waals surface area contributed by atoms with Crippen molar-refractivity contribution in [3.63, 3.8) is 0 Å². The van der Waals surface area contributed by atoms with E-state index in [0.717, 1.165) is 73.3 Å². The fraction of sp³-hybridized carbons (Fsp3) is 0.576. The summed E-state index contributed by atoms with van der Waals surface area (Å²) >= 11 is 0. The van der Waals surface area contributed by atoms with Gasteiger partial charge in [-0.2, -0.15) is 13.2 Å². The first-order valence-electron chi connectivity index (χ1n) is 15.2. The zero-order chi connectivity index (χ0) is 32.5. The Morgan fingerprint density at radius 3 is 2.25 bits per heavy atom. The SMILES string of the molecule is CC(C)(O)CN(CCCCCCC1=C(c2ccc(F)c(F)c2)CCCc2cc(O)ccc21)CCCS(=O)(=O)CCC(F)(F)F. The number of fused-ring (bicyclic) bond motifs is 1. The fourth-order valence-electron chi connectivity index (χ4n) is 5.83. The van der Waals surface area contributed by atoms with Gasteiger partial charge in [0.2, 0.25) is 0 Å². The van der Waals surface area contributed by atoms with Gasteiger partial charge in [0.1, 0.15) is 5.75 Å². The van der Waals surface area contributed by atoms with Gasteiger partial charge in [-0.15, -0.1) is 0 Å². The molecule has 0 amide bonds. The van der Waals surface area contributed by atoms with Crippen molar-refractivity contribution in [1.82, 2.24) is 4.90 Å². The molecular formula is C33H44F5NO4S. The highest BCUT2D eigenvalue weighted by Gasteiger charge is 2.30. The predicted octanol–water partition coefficient (Wildman–Crippen LogP) is 7.70. The molecule has 44 heavy (non-hydrogen) atoms. The van der Waals surface area contributed by atoms with E-state index in [9.17, 15) is 40.6 Å². The summed E-state index contributed by atoms with van der Waals surface area (Å²) in [7, 11) is -3.82. The smallest absolute Gasteiger partial charge is 0.390 e. The van der Waals surface area contributed by atoms with E-state index in [1.54, 1.807) is 32.0 Å². The number of hydrogen-bond acceptors (Lipinski definition) is 5. The Balaban J connectivity index is 1.59. The van der Waals surface area contributed by atoms with Crippen LogP contribution in [-0.4, -0.2) is 66.4 Å². The van der Waals surface area contributed by atoms with Crippen LogP contribution in [0.3, 0.4) is 0 Å². The lowest BCUT2D eigenvalue weighted by Crippen LogP contribution is -2.40. The van der Waals surface area contributed by atoms with E-state index in [-0.39, 0.29) is 17.9 Å². The molecule has 0 heterocycles. The maximum Gasteiger partial charge on any atom is 0.390 e. The summed E-state index contributed by atoms with van der Waals surface area (Å²) in [4.78, 5) is 1.96. The summed E-state index contributed by atoms with van der Waals surface area (Å²) in [5.41, 5.74) is 3.73. The molecule has 0 spiro atoms. The van der Waals surface area contributed by atoms with Gasteiger partial charge in [-0.25, -0.2) is 17.2 Å². The molecular weight excluding hydrogens is 601 g/mol. The third-order valence-corrected chi connectivity index (χ3v) is 9.54. The molecule has 0 radical (unpaired) electrons. The van der Waals surface area contributed by atoms with E-state index >= 15 is 0 Å². The third kappa shape index (κ3) is 12.1. The molecule has 0 saturated heterocycles. The molecule has 3 rings (SSSR count). The molecule has 11 heteroatoms. The molecule has 0 unspecified atom stereocenters. The Labute approximate surface area is 257 Å². The van der Waals surface area contributed by atoms with Crippen molar-refractivity contribution in [2.45, 2.75) is 89.8 Å². The van der Waals surface area contributed by atoms with Gasteiger partial charge in [-0.05, 0) is 124 Å². The number of benzene rings is 2. The van der Waals surface area contributed by atoms with Crippen molar-refractivity contribution in [2.24, 2.45) is 0 Å². The normalized spacial score (nSPS) is 14.7. The number of nitrogens with zero attached hydrogens (tertiary/aromatic N) is 1. The molecule has 1 aliphatic rings. The molecule has 0 fully saturated rings. The number of aromatic hydroxyl groups is 1. The van der Waals surface area contributed by atoms with Gasteiger partial charge < -0.3 is 15.1 Å². The number of allylic oxidation sites excluding steroid dienone is 2. The minimum Gasteiger partial charge on any atom is -0.508 e. The molecule has 5 nitrogen and oxygen atoms in total. The monoisotopic (exact) mass is 645 g/mol. The highest BCUT2D eigenvalue weighted by molar-refractivity contribution is 7.91. The summed E-state index contributed by atoms with van der Waals surface area (Å²) in [5.74, 6) is -2.84. The van der Waals surface area contributed by atoms with Crippen LogP contribution in [0, 0.1) is 11.6 Å². The summed E-state index contributed by atoms with van der Waals surface area (Å²) in [6, 6.07) is 9.30. The number of alkyl halides is 3. The van der Waals surface area contributed by atoms with E-state index in [2.05, 4.69) is 0 Å². The lowest BCUT2D eigenvalue weighted by Gasteiger charge is -2.29. The largest absolute Gasteiger partial charge is 0.508 e. The van der Waals surface area contributed by atoms with Gasteiger partial charge in [-0.1, -0.05) is 25.0 Å². The number of rotatable bonds is 16. The molecule has 0 saturated carbocycles. The Bertz CT molecular complexity index is 1380. The first-order valence-corrected chi connectivity index (χ1v) is 17.1. The molecule has 2 aromatic carbocycles. The van der Waals surface area contributed by atoms with Crippen LogP contribution >= 0.6 is 0 Å². The number of sulfone groups is 1. The predicted molar refractivity (Wildman–Crippen MR) is 164 cm³/mol. The van der Waals surface area contributed by atoms with E-state index in [1.165, 1.54) is 6.07 Å². The lowest BCUT2D eigenvalue weighted by molar-refractivity contribution is -0.129. The molecule has 246 valence electrons. The highest BCUT2D eigenvalue weighted by atomic mass is 32.2. The maximum atomic E-state index is 14.2. The van der Waals surface area contributed by atoms with E-state index in [0.29, 0.717) is 31.6 Å². The van der Waals surface area contributed by atoms with Crippen molar-refractivity contribution in [1.29, 1.82) is 0 Å². The number of halogens is 5. The van der Waals surface area contributed by atoms with Crippen LogP contribution in [0.1, 0.15) is 88.3 Å². The van der Waals surface area contributed by atoms with Crippen LogP contribution in [0.5, 0.6) is 5.75 Å². The second-order valence-corrected chi connectivity index (χ2v) is 14.7. The molecule has 0 atom stereocenters. The highest BCUT2D eigenvalue weighted by Crippen LogP contribution is 2.40. The molecule has 2 N–H and O–H groups in total. The van der Waals surface area contributed by atoms with Gasteiger partial charge in [0.15, 0.2) is 21.5 Å². The van der Waals surface area contributed by atoms with Gasteiger partial charge in [-0.3, -0.25) is 0 Å². The molecule has 0 bridgehead atoms. The van der Waals surface area contributed by atoms with Crippen molar-refractivity contribution < 1.29 is 40.6 Å². The van der Waals surface area contributed by atoms with Gasteiger partial charge in [0.05, 0.1) is 23.5 Å². The number of unbranched alkanes of at least 4 members (excludes halogenated alkanes) is 3. The van der Waals surface area contributed by atoms with Gasteiger partial charge in [0.25, 0.3) is 0 Å². The van der Waals surface area contributed by atoms with E-state index in [4.69, 9.17) is 0 Å². The summed E-state index contributed by atoms with van der Waals surface area (Å²) in [5, 5.41) is 20.4. The summed E-state index contributed by atoms with van der Waals surface area (Å²) in [6.45, 7) is 4.58. The molecule has 2 aromatic rings. The molecule has 0 aromatic heterocycles. The fourth-order valence-corrected chi connectivity index (χ4v) is 7.14. The van der Waals surface area contributed by atoms with Crippen LogP contribution in [0.2, 0.25) is 0 Å². The summed E-state index contributed by atoms with van der Waals surface area (Å²) in [6.07, 6.45) is 0.690. The Morgan fingerprint density at radius 2 is 1.57 bits per heavy atom. The quantitative estimate of drug-likeness (QED) is 0.145. The average molecular weight is 646 g/mol. The molecule has 0 aliphatic heterocycles. The first-order chi connectivity index (χ1) is 20.5. The lowest BCUT2D eigenvalue weighted by atomic mass is 9.89. The van der Waals surface area contributed by atoms with Gasteiger partial charge in [0, 0.05) is 6.54 Å². The van der Waals surface area contributed by atoms with Crippen molar-refractivity contribution in [3.05, 3.63) is 64.7 Å². The van der Waals surface area contributed by atoms with Crippen LogP contribution in [0.25, 0.3) is 11.1 Å². The minimum absolute atomic E-state index is 0.187. The van der Waals surface area contributed by atoms with E-state index < -0.39 is 45.4 Å². The Morgan fingerprint density at radius 1 is 0.864 bits per heavy atom. The standard InChI is InChI=1S/C33H44F5NO4S/c1-32(2,41)23-39(18-8-19-44(42,43)20-16-33(36,37)38)17-6-4-3-5-10-29-27(25-12-15-30(34)31(35)22-25)11-7-9-24-21-26(40)13-14-28(24)29/h12-15,21-22,40-41H,3-11,16-20,23H2,1-2H3. The Kier molecular flexibility index (Phi) is 12.8. The number of phenols is 1. The van der Waals surface area contributed by atoms with Crippen LogP contribution in [-0.2, 0) is 16.3 Å². The van der Waals surface area contributed by atoms with Crippen molar-refractivity contribution >= 4 is 21.0 Å².